The average molecular weight is 375 g/mol. The summed E-state index contributed by atoms with van der Waals surface area (Å²) >= 11 is 0. The highest BCUT2D eigenvalue weighted by molar-refractivity contribution is 5.79. The van der Waals surface area contributed by atoms with Gasteiger partial charge >= 0.3 is 0 Å². The van der Waals surface area contributed by atoms with E-state index in [-0.39, 0.29) is 30.9 Å². The van der Waals surface area contributed by atoms with Crippen LogP contribution in [0.25, 0.3) is 0 Å². The third-order valence-corrected chi connectivity index (χ3v) is 4.93. The molecule has 0 radical (unpaired) electrons. The third-order valence-electron chi connectivity index (χ3n) is 4.93. The van der Waals surface area contributed by atoms with Crippen molar-refractivity contribution in [2.45, 2.75) is 26.8 Å². The summed E-state index contributed by atoms with van der Waals surface area (Å²) in [5, 5.41) is 0. The van der Waals surface area contributed by atoms with Gasteiger partial charge in [0, 0.05) is 59.5 Å². The second-order valence-corrected chi connectivity index (χ2v) is 6.77. The smallest absolute Gasteiger partial charge is 0.231 e. The van der Waals surface area contributed by atoms with Crippen LogP contribution in [0, 0.1) is 0 Å². The predicted octanol–water partition coefficient (Wildman–Crippen LogP) is 0.845. The topological polar surface area (TPSA) is 79.4 Å². The van der Waals surface area contributed by atoms with E-state index in [0.29, 0.717) is 50.8 Å². The van der Waals surface area contributed by atoms with Crippen LogP contribution in [0.5, 0.6) is 11.5 Å². The zero-order valence-electron chi connectivity index (χ0n) is 15.8. The summed E-state index contributed by atoms with van der Waals surface area (Å²) in [6, 6.07) is 5.59. The highest BCUT2D eigenvalue weighted by atomic mass is 16.7. The highest BCUT2D eigenvalue weighted by Crippen LogP contribution is 2.32. The second-order valence-electron chi connectivity index (χ2n) is 6.77. The van der Waals surface area contributed by atoms with E-state index >= 15 is 0 Å². The number of ether oxygens (including phenoxy) is 2. The van der Waals surface area contributed by atoms with E-state index in [0.717, 1.165) is 5.56 Å². The molecular formula is C19H25N3O5. The summed E-state index contributed by atoms with van der Waals surface area (Å²) in [5.74, 6) is 1.34. The molecule has 2 aliphatic heterocycles. The standard InChI is InChI=1S/C19H25N3O5/c1-14(23)20-7-9-21(10-8-20)19(25)5-6-22(15(2)24)12-16-3-4-17-18(11-16)27-13-26-17/h3-4,11H,5-10,12-13H2,1-2H3. The zero-order chi connectivity index (χ0) is 19.4. The Labute approximate surface area is 158 Å². The van der Waals surface area contributed by atoms with Gasteiger partial charge in [-0.2, -0.15) is 0 Å². The van der Waals surface area contributed by atoms with E-state index in [1.807, 2.05) is 18.2 Å². The number of carbonyl (C=O) groups is 3. The molecule has 0 bridgehead atoms. The van der Waals surface area contributed by atoms with E-state index in [4.69, 9.17) is 9.47 Å². The van der Waals surface area contributed by atoms with Crippen molar-refractivity contribution < 1.29 is 23.9 Å². The Hall–Kier alpha value is -2.77. The first-order chi connectivity index (χ1) is 12.9. The zero-order valence-corrected chi connectivity index (χ0v) is 15.8. The number of hydrogen-bond acceptors (Lipinski definition) is 5. The van der Waals surface area contributed by atoms with Crippen LogP contribution < -0.4 is 9.47 Å². The Morgan fingerprint density at radius 3 is 2.33 bits per heavy atom. The third kappa shape index (κ3) is 4.69. The predicted molar refractivity (Wildman–Crippen MR) is 97.1 cm³/mol. The van der Waals surface area contributed by atoms with Gasteiger partial charge in [0.15, 0.2) is 11.5 Å². The van der Waals surface area contributed by atoms with Crippen molar-refractivity contribution in [2.24, 2.45) is 0 Å². The maximum absolute atomic E-state index is 12.5. The number of amides is 3. The van der Waals surface area contributed by atoms with Crippen LogP contribution in [0.2, 0.25) is 0 Å². The first-order valence-electron chi connectivity index (χ1n) is 9.11. The van der Waals surface area contributed by atoms with E-state index in [1.165, 1.54) is 6.92 Å². The number of carbonyl (C=O) groups excluding carboxylic acids is 3. The van der Waals surface area contributed by atoms with Crippen LogP contribution >= 0.6 is 0 Å². The molecule has 1 saturated heterocycles. The molecule has 27 heavy (non-hydrogen) atoms. The normalized spacial score (nSPS) is 15.6. The molecule has 0 unspecified atom stereocenters. The van der Waals surface area contributed by atoms with Crippen molar-refractivity contribution in [2.75, 3.05) is 39.5 Å². The van der Waals surface area contributed by atoms with Crippen molar-refractivity contribution in [1.29, 1.82) is 0 Å². The minimum atomic E-state index is -0.0816. The van der Waals surface area contributed by atoms with Crippen LogP contribution in [0.3, 0.4) is 0 Å². The number of hydrogen-bond donors (Lipinski definition) is 0. The number of rotatable bonds is 5. The lowest BCUT2D eigenvalue weighted by molar-refractivity contribution is -0.139. The number of piperazine rings is 1. The Morgan fingerprint density at radius 1 is 1.00 bits per heavy atom. The Kier molecular flexibility index (Phi) is 5.83. The van der Waals surface area contributed by atoms with E-state index in [9.17, 15) is 14.4 Å². The number of nitrogens with zero attached hydrogens (tertiary/aromatic N) is 3. The second kappa shape index (κ2) is 8.28. The molecule has 0 atom stereocenters. The van der Waals surface area contributed by atoms with Crippen molar-refractivity contribution >= 4 is 17.7 Å². The molecule has 2 aliphatic rings. The van der Waals surface area contributed by atoms with Crippen LogP contribution in [-0.2, 0) is 20.9 Å². The molecule has 3 amide bonds. The molecule has 1 aromatic carbocycles. The van der Waals surface area contributed by atoms with Gasteiger partial charge in [-0.25, -0.2) is 0 Å². The molecule has 3 rings (SSSR count). The van der Waals surface area contributed by atoms with Crippen LogP contribution in [0.1, 0.15) is 25.8 Å². The van der Waals surface area contributed by atoms with Crippen molar-refractivity contribution in [3.05, 3.63) is 23.8 Å². The molecule has 1 aromatic rings. The van der Waals surface area contributed by atoms with Crippen molar-refractivity contribution in [3.8, 4) is 11.5 Å². The lowest BCUT2D eigenvalue weighted by Crippen LogP contribution is -2.50. The largest absolute Gasteiger partial charge is 0.454 e. The maximum Gasteiger partial charge on any atom is 0.231 e. The molecule has 0 spiro atoms. The Morgan fingerprint density at radius 2 is 1.67 bits per heavy atom. The van der Waals surface area contributed by atoms with Crippen LogP contribution in [-0.4, -0.2) is 71.9 Å². The minimum absolute atomic E-state index is 0.00939. The molecule has 2 heterocycles. The summed E-state index contributed by atoms with van der Waals surface area (Å²) in [4.78, 5) is 41.0. The van der Waals surface area contributed by atoms with Gasteiger partial charge in [-0.3, -0.25) is 14.4 Å². The Balaban J connectivity index is 1.52. The molecule has 146 valence electrons. The molecule has 1 fully saturated rings. The Bertz CT molecular complexity index is 728. The minimum Gasteiger partial charge on any atom is -0.454 e. The van der Waals surface area contributed by atoms with Gasteiger partial charge in [0.1, 0.15) is 0 Å². The summed E-state index contributed by atoms with van der Waals surface area (Å²) in [6.45, 7) is 6.24. The molecule has 8 nitrogen and oxygen atoms in total. The number of benzene rings is 1. The number of fused-ring (bicyclic) bond motifs is 1. The summed E-state index contributed by atoms with van der Waals surface area (Å²) in [6.07, 6.45) is 0.268. The first kappa shape index (κ1) is 19.0. The molecule has 0 saturated carbocycles. The van der Waals surface area contributed by atoms with Gasteiger partial charge in [0.05, 0.1) is 0 Å². The summed E-state index contributed by atoms with van der Waals surface area (Å²) in [7, 11) is 0. The van der Waals surface area contributed by atoms with Gasteiger partial charge in [-0.15, -0.1) is 0 Å². The highest BCUT2D eigenvalue weighted by Gasteiger charge is 2.23. The van der Waals surface area contributed by atoms with E-state index in [2.05, 4.69) is 0 Å². The van der Waals surface area contributed by atoms with E-state index in [1.54, 1.807) is 21.6 Å². The molecular weight excluding hydrogens is 350 g/mol. The van der Waals surface area contributed by atoms with Gasteiger partial charge in [0.2, 0.25) is 24.5 Å². The van der Waals surface area contributed by atoms with Crippen LogP contribution in [0.4, 0.5) is 0 Å². The van der Waals surface area contributed by atoms with Gasteiger partial charge in [0.25, 0.3) is 0 Å². The molecule has 0 aromatic heterocycles. The lowest BCUT2D eigenvalue weighted by atomic mass is 10.1. The fourth-order valence-electron chi connectivity index (χ4n) is 3.27. The fourth-order valence-corrected chi connectivity index (χ4v) is 3.27. The average Bonchev–Trinajstić information content (AvgIpc) is 3.12. The first-order valence-corrected chi connectivity index (χ1v) is 9.11. The van der Waals surface area contributed by atoms with Crippen molar-refractivity contribution in [3.63, 3.8) is 0 Å². The quantitative estimate of drug-likeness (QED) is 0.762. The summed E-state index contributed by atoms with van der Waals surface area (Å²) in [5.41, 5.74) is 0.928. The molecule has 0 N–H and O–H groups in total. The molecule has 8 heteroatoms. The SMILES string of the molecule is CC(=O)N1CCN(C(=O)CCN(Cc2ccc3c(c2)OCO3)C(C)=O)CC1. The van der Waals surface area contributed by atoms with Crippen LogP contribution in [0.15, 0.2) is 18.2 Å². The van der Waals surface area contributed by atoms with E-state index < -0.39 is 0 Å². The van der Waals surface area contributed by atoms with Crippen molar-refractivity contribution in [1.82, 2.24) is 14.7 Å². The monoisotopic (exact) mass is 375 g/mol. The maximum atomic E-state index is 12.5. The summed E-state index contributed by atoms with van der Waals surface area (Å²) < 4.78 is 10.7. The fraction of sp³-hybridized carbons (Fsp3) is 0.526. The van der Waals surface area contributed by atoms with Gasteiger partial charge in [-0.1, -0.05) is 6.07 Å². The van der Waals surface area contributed by atoms with Gasteiger partial charge < -0.3 is 24.2 Å². The lowest BCUT2D eigenvalue weighted by Gasteiger charge is -2.34. The molecule has 0 aliphatic carbocycles. The van der Waals surface area contributed by atoms with Gasteiger partial charge in [-0.05, 0) is 17.7 Å².